The molecule has 2 aromatic rings. The van der Waals surface area contributed by atoms with Gasteiger partial charge in [0.2, 0.25) is 5.91 Å². The topological polar surface area (TPSA) is 54.0 Å². The highest BCUT2D eigenvalue weighted by atomic mass is 79.9. The van der Waals surface area contributed by atoms with Crippen LogP contribution in [0.1, 0.15) is 22.1 Å². The highest BCUT2D eigenvalue weighted by Crippen LogP contribution is 2.44. The van der Waals surface area contributed by atoms with Gasteiger partial charge in [0.1, 0.15) is 5.82 Å². The minimum Gasteiger partial charge on any atom is -0.365 e. The maximum atomic E-state index is 11.7. The van der Waals surface area contributed by atoms with Crippen molar-refractivity contribution in [2.75, 3.05) is 17.7 Å². The monoisotopic (exact) mass is 343 g/mol. The predicted octanol–water partition coefficient (Wildman–Crippen LogP) is 3.48. The second-order valence-corrected chi connectivity index (χ2v) is 7.45. The normalized spacial score (nSPS) is 18.3. The predicted molar refractivity (Wildman–Crippen MR) is 78.8 cm³/mol. The minimum atomic E-state index is 0.0324. The fourth-order valence-electron chi connectivity index (χ4n) is 1.97. The molecule has 0 fully saturated rings. The van der Waals surface area contributed by atoms with Crippen LogP contribution in [-0.4, -0.2) is 17.9 Å². The Hall–Kier alpha value is -0.920. The van der Waals surface area contributed by atoms with E-state index in [4.69, 9.17) is 0 Å². The molecule has 0 aromatic carbocycles. The number of thiazole rings is 1. The number of hydrogen-bond acceptors (Lipinski definition) is 5. The van der Waals surface area contributed by atoms with Crippen LogP contribution in [0.4, 0.5) is 10.9 Å². The summed E-state index contributed by atoms with van der Waals surface area (Å²) in [6.07, 6.45) is 0.491. The highest BCUT2D eigenvalue weighted by Gasteiger charge is 2.31. The van der Waals surface area contributed by atoms with E-state index in [1.807, 2.05) is 13.1 Å². The van der Waals surface area contributed by atoms with Crippen molar-refractivity contribution in [1.29, 1.82) is 0 Å². The van der Waals surface area contributed by atoms with Crippen molar-refractivity contribution in [3.63, 3.8) is 0 Å². The van der Waals surface area contributed by atoms with E-state index in [9.17, 15) is 4.79 Å². The summed E-state index contributed by atoms with van der Waals surface area (Å²) >= 11 is 6.74. The number of fused-ring (bicyclic) bond motifs is 1. The summed E-state index contributed by atoms with van der Waals surface area (Å²) in [7, 11) is 1.84. The number of hydrogen-bond donors (Lipinski definition) is 2. The van der Waals surface area contributed by atoms with Crippen LogP contribution >= 0.6 is 38.6 Å². The summed E-state index contributed by atoms with van der Waals surface area (Å²) in [5.74, 6) is 0.866. The Labute approximate surface area is 121 Å². The molecule has 2 N–H and O–H groups in total. The number of carbonyl (C=O) groups excluding carboxylic acids is 1. The van der Waals surface area contributed by atoms with E-state index < -0.39 is 0 Å². The summed E-state index contributed by atoms with van der Waals surface area (Å²) in [6, 6.07) is 4.09. The quantitative estimate of drug-likeness (QED) is 0.877. The van der Waals surface area contributed by atoms with Crippen molar-refractivity contribution in [2.45, 2.75) is 12.3 Å². The first-order valence-corrected chi connectivity index (χ1v) is 7.83. The molecule has 0 aliphatic carbocycles. The van der Waals surface area contributed by atoms with Crippen LogP contribution in [0.5, 0.6) is 0 Å². The van der Waals surface area contributed by atoms with Crippen molar-refractivity contribution in [3.05, 3.63) is 25.7 Å². The fourth-order valence-corrected chi connectivity index (χ4v) is 4.57. The Morgan fingerprint density at radius 1 is 1.50 bits per heavy atom. The van der Waals surface area contributed by atoms with Gasteiger partial charge in [-0.15, -0.1) is 11.3 Å². The molecule has 0 bridgehead atoms. The molecular weight excluding hydrogens is 334 g/mol. The molecule has 1 amide bonds. The number of anilines is 2. The molecular formula is C11H10BrN3OS2. The Kier molecular flexibility index (Phi) is 3.13. The van der Waals surface area contributed by atoms with Gasteiger partial charge in [-0.25, -0.2) is 4.98 Å². The van der Waals surface area contributed by atoms with Gasteiger partial charge in [0.15, 0.2) is 5.13 Å². The molecule has 1 aliphatic heterocycles. The van der Waals surface area contributed by atoms with E-state index in [1.165, 1.54) is 4.88 Å². The lowest BCUT2D eigenvalue weighted by Crippen LogP contribution is -2.22. The Bertz CT molecular complexity index is 607. The number of halogens is 1. The number of rotatable bonds is 2. The first-order valence-electron chi connectivity index (χ1n) is 5.41. The minimum absolute atomic E-state index is 0.0324. The van der Waals surface area contributed by atoms with Crippen molar-refractivity contribution in [1.82, 2.24) is 4.98 Å². The van der Waals surface area contributed by atoms with Crippen LogP contribution in [0.25, 0.3) is 0 Å². The molecule has 1 atom stereocenters. The maximum Gasteiger partial charge on any atom is 0.226 e. The van der Waals surface area contributed by atoms with Gasteiger partial charge in [-0.1, -0.05) is 11.3 Å². The molecule has 0 saturated carbocycles. The van der Waals surface area contributed by atoms with Crippen molar-refractivity contribution < 1.29 is 4.79 Å². The van der Waals surface area contributed by atoms with Crippen LogP contribution in [0.3, 0.4) is 0 Å². The van der Waals surface area contributed by atoms with E-state index in [0.717, 1.165) is 13.8 Å². The lowest BCUT2D eigenvalue weighted by atomic mass is 9.98. The molecule has 0 spiro atoms. The van der Waals surface area contributed by atoms with E-state index in [0.29, 0.717) is 12.2 Å². The van der Waals surface area contributed by atoms with Gasteiger partial charge in [-0.05, 0) is 28.1 Å². The van der Waals surface area contributed by atoms with Gasteiger partial charge in [-0.2, -0.15) is 0 Å². The van der Waals surface area contributed by atoms with Gasteiger partial charge in [0.25, 0.3) is 0 Å². The summed E-state index contributed by atoms with van der Waals surface area (Å²) in [5, 5.41) is 6.70. The third kappa shape index (κ3) is 2.06. The first kappa shape index (κ1) is 12.1. The lowest BCUT2D eigenvalue weighted by Gasteiger charge is -2.19. The average Bonchev–Trinajstić information content (AvgIpc) is 2.93. The number of aromatic nitrogens is 1. The first-order chi connectivity index (χ1) is 8.67. The summed E-state index contributed by atoms with van der Waals surface area (Å²) < 4.78 is 1.09. The van der Waals surface area contributed by atoms with Crippen LogP contribution in [0.2, 0.25) is 0 Å². The van der Waals surface area contributed by atoms with Crippen molar-refractivity contribution in [2.24, 2.45) is 0 Å². The van der Waals surface area contributed by atoms with Gasteiger partial charge in [0, 0.05) is 24.3 Å². The molecule has 0 saturated heterocycles. The van der Waals surface area contributed by atoms with E-state index in [2.05, 4.69) is 37.6 Å². The molecule has 2 aromatic heterocycles. The zero-order chi connectivity index (χ0) is 12.7. The lowest BCUT2D eigenvalue weighted by molar-refractivity contribution is -0.116. The summed E-state index contributed by atoms with van der Waals surface area (Å²) in [5.41, 5.74) is 0. The molecule has 3 rings (SSSR count). The number of nitrogens with zero attached hydrogens (tertiary/aromatic N) is 1. The number of amides is 1. The molecule has 4 nitrogen and oxygen atoms in total. The molecule has 1 aliphatic rings. The standard InChI is InChI=1S/C11H10BrN3OS2/c1-13-11-15-10-9(18-11)5(4-8(16)14-10)6-2-3-7(12)17-6/h2-3,5H,4H2,1H3,(H,13,15)(H,14,16)/t5-/m0/s1. The number of nitrogens with one attached hydrogen (secondary N) is 2. The highest BCUT2D eigenvalue weighted by molar-refractivity contribution is 9.11. The van der Waals surface area contributed by atoms with Crippen LogP contribution in [-0.2, 0) is 4.79 Å². The van der Waals surface area contributed by atoms with E-state index in [-0.39, 0.29) is 11.8 Å². The Balaban J connectivity index is 2.06. The summed E-state index contributed by atoms with van der Waals surface area (Å²) in [6.45, 7) is 0. The zero-order valence-corrected chi connectivity index (χ0v) is 12.7. The second kappa shape index (κ2) is 4.64. The molecule has 7 heteroatoms. The maximum absolute atomic E-state index is 11.7. The fraction of sp³-hybridized carbons (Fsp3) is 0.273. The average molecular weight is 344 g/mol. The second-order valence-electron chi connectivity index (χ2n) is 3.93. The van der Waals surface area contributed by atoms with Crippen LogP contribution in [0.15, 0.2) is 15.9 Å². The number of carbonyl (C=O) groups is 1. The molecule has 0 radical (unpaired) electrons. The van der Waals surface area contributed by atoms with Crippen molar-refractivity contribution in [3.8, 4) is 0 Å². The van der Waals surface area contributed by atoms with Gasteiger partial charge >= 0.3 is 0 Å². The van der Waals surface area contributed by atoms with Crippen molar-refractivity contribution >= 4 is 55.5 Å². The third-order valence-electron chi connectivity index (χ3n) is 2.77. The van der Waals surface area contributed by atoms with Crippen LogP contribution in [0, 0.1) is 0 Å². The molecule has 94 valence electrons. The number of thiophene rings is 1. The Morgan fingerprint density at radius 2 is 2.33 bits per heavy atom. The van der Waals surface area contributed by atoms with Gasteiger partial charge in [0.05, 0.1) is 8.66 Å². The zero-order valence-electron chi connectivity index (χ0n) is 9.49. The molecule has 3 heterocycles. The largest absolute Gasteiger partial charge is 0.365 e. The molecule has 0 unspecified atom stereocenters. The third-order valence-corrected chi connectivity index (χ3v) is 5.69. The Morgan fingerprint density at radius 3 is 3.00 bits per heavy atom. The van der Waals surface area contributed by atoms with E-state index in [1.54, 1.807) is 22.7 Å². The molecule has 18 heavy (non-hydrogen) atoms. The smallest absolute Gasteiger partial charge is 0.226 e. The van der Waals surface area contributed by atoms with Gasteiger partial charge in [-0.3, -0.25) is 4.79 Å². The van der Waals surface area contributed by atoms with E-state index >= 15 is 0 Å². The summed E-state index contributed by atoms with van der Waals surface area (Å²) in [4.78, 5) is 18.4. The van der Waals surface area contributed by atoms with Crippen LogP contribution < -0.4 is 10.6 Å². The van der Waals surface area contributed by atoms with Gasteiger partial charge < -0.3 is 10.6 Å². The SMILES string of the molecule is CNc1nc2c(s1)[C@H](c1ccc(Br)s1)CC(=O)N2.